The lowest BCUT2D eigenvalue weighted by Gasteiger charge is -2.15. The third-order valence-electron chi connectivity index (χ3n) is 3.69. The number of primary amides is 1. The molecule has 2 atom stereocenters. The summed E-state index contributed by atoms with van der Waals surface area (Å²) in [5.41, 5.74) is 5.66. The number of likely N-dealkylation sites (tertiary alicyclic amines) is 1. The molecule has 0 radical (unpaired) electrons. The Labute approximate surface area is 170 Å². The predicted molar refractivity (Wildman–Crippen MR) is 109 cm³/mol. The Morgan fingerprint density at radius 2 is 1.78 bits per heavy atom. The highest BCUT2D eigenvalue weighted by atomic mass is 35.5. The van der Waals surface area contributed by atoms with Crippen molar-refractivity contribution in [2.24, 2.45) is 5.73 Å². The zero-order chi connectivity index (χ0) is 20.7. The molecule has 0 aromatic heterocycles. The molecule has 3 N–H and O–H groups in total. The number of carboxylic acid groups (broad SMARTS) is 1. The van der Waals surface area contributed by atoms with E-state index in [2.05, 4.69) is 12.3 Å². The molecule has 2 unspecified atom stereocenters. The second-order valence-electron chi connectivity index (χ2n) is 5.67. The SMILES string of the molecule is C=CC(N)=O.O=C(CC/C1=C/C=CC(Cl)C(Cl)C=C1)N1CCCC1.O=CO. The summed E-state index contributed by atoms with van der Waals surface area (Å²) in [4.78, 5) is 31.8. The van der Waals surface area contributed by atoms with Gasteiger partial charge in [0.05, 0.1) is 10.8 Å². The van der Waals surface area contributed by atoms with Crippen LogP contribution in [-0.4, -0.2) is 52.1 Å². The quantitative estimate of drug-likeness (QED) is 0.417. The highest BCUT2D eigenvalue weighted by Crippen LogP contribution is 2.19. The van der Waals surface area contributed by atoms with Gasteiger partial charge in [-0.1, -0.05) is 37.0 Å². The molecule has 8 heteroatoms. The van der Waals surface area contributed by atoms with Crippen LogP contribution < -0.4 is 5.73 Å². The zero-order valence-electron chi connectivity index (χ0n) is 15.1. The van der Waals surface area contributed by atoms with E-state index in [4.69, 9.17) is 33.1 Å². The summed E-state index contributed by atoms with van der Waals surface area (Å²) in [6, 6.07) is 0. The predicted octanol–water partition coefficient (Wildman–Crippen LogP) is 3.01. The highest BCUT2D eigenvalue weighted by molar-refractivity contribution is 6.31. The standard InChI is InChI=1S/C15H19Cl2NO.C3H5NO.CH2O2/c16-13-5-3-4-12(6-8-14(13)17)7-9-15(19)18-10-1-2-11-18;1-2-3(4)5;2-1-3/h3-6,8,13-14H,1-2,7,9-11H2;2H,1H2,(H2,4,5);1H,(H,2,3)/b5-3?,8-6?,12-4+;;. The molecule has 2 amide bonds. The third kappa shape index (κ3) is 12.0. The fraction of sp³-hybridized carbons (Fsp3) is 0.421. The Bertz CT molecular complexity index is 582. The van der Waals surface area contributed by atoms with Crippen molar-refractivity contribution in [2.45, 2.75) is 36.4 Å². The van der Waals surface area contributed by atoms with Crippen molar-refractivity contribution in [1.82, 2.24) is 4.90 Å². The van der Waals surface area contributed by atoms with E-state index in [0.717, 1.165) is 44.0 Å². The van der Waals surface area contributed by atoms with Gasteiger partial charge in [0.1, 0.15) is 0 Å². The average molecular weight is 417 g/mol. The molecule has 0 spiro atoms. The van der Waals surface area contributed by atoms with Crippen LogP contribution in [0.3, 0.4) is 0 Å². The van der Waals surface area contributed by atoms with Crippen LogP contribution in [0.2, 0.25) is 0 Å². The topological polar surface area (TPSA) is 101 Å². The first-order chi connectivity index (χ1) is 12.8. The monoisotopic (exact) mass is 416 g/mol. The molecule has 27 heavy (non-hydrogen) atoms. The first-order valence-electron chi connectivity index (χ1n) is 8.46. The van der Waals surface area contributed by atoms with Gasteiger partial charge in [-0.15, -0.1) is 23.2 Å². The maximum absolute atomic E-state index is 12.0. The maximum Gasteiger partial charge on any atom is 0.290 e. The van der Waals surface area contributed by atoms with Gasteiger partial charge in [0.25, 0.3) is 6.47 Å². The Balaban J connectivity index is 0.000000719. The van der Waals surface area contributed by atoms with Gasteiger partial charge in [0.2, 0.25) is 11.8 Å². The summed E-state index contributed by atoms with van der Waals surface area (Å²) in [6.07, 6.45) is 14.4. The van der Waals surface area contributed by atoms with E-state index in [-0.39, 0.29) is 23.1 Å². The molecule has 6 nitrogen and oxygen atoms in total. The molecule has 0 saturated carbocycles. The van der Waals surface area contributed by atoms with Gasteiger partial charge in [0.15, 0.2) is 0 Å². The lowest BCUT2D eigenvalue weighted by atomic mass is 10.1. The van der Waals surface area contributed by atoms with Gasteiger partial charge in [0, 0.05) is 19.5 Å². The molecule has 1 fully saturated rings. The van der Waals surface area contributed by atoms with Gasteiger partial charge in [-0.2, -0.15) is 0 Å². The van der Waals surface area contributed by atoms with E-state index in [1.54, 1.807) is 0 Å². The van der Waals surface area contributed by atoms with Crippen molar-refractivity contribution in [1.29, 1.82) is 0 Å². The first-order valence-corrected chi connectivity index (χ1v) is 9.34. The van der Waals surface area contributed by atoms with E-state index in [0.29, 0.717) is 6.42 Å². The first kappa shape index (κ1) is 24.9. The largest absolute Gasteiger partial charge is 0.483 e. The molecule has 1 saturated heterocycles. The van der Waals surface area contributed by atoms with Crippen molar-refractivity contribution in [3.05, 3.63) is 48.6 Å². The van der Waals surface area contributed by atoms with Crippen LogP contribution in [0.5, 0.6) is 0 Å². The summed E-state index contributed by atoms with van der Waals surface area (Å²) in [5.74, 6) is -0.222. The van der Waals surface area contributed by atoms with Crippen LogP contribution in [0.1, 0.15) is 25.7 Å². The summed E-state index contributed by atoms with van der Waals surface area (Å²) in [7, 11) is 0. The van der Waals surface area contributed by atoms with Gasteiger partial charge < -0.3 is 15.7 Å². The summed E-state index contributed by atoms with van der Waals surface area (Å²) >= 11 is 12.1. The van der Waals surface area contributed by atoms with E-state index in [9.17, 15) is 9.59 Å². The normalized spacial score (nSPS) is 22.6. The van der Waals surface area contributed by atoms with E-state index in [1.807, 2.05) is 35.3 Å². The number of alkyl halides is 2. The van der Waals surface area contributed by atoms with Crippen LogP contribution in [0, 0.1) is 0 Å². The lowest BCUT2D eigenvalue weighted by molar-refractivity contribution is -0.130. The second kappa shape index (κ2) is 15.1. The van der Waals surface area contributed by atoms with Gasteiger partial charge in [-0.25, -0.2) is 0 Å². The average Bonchev–Trinajstić information content (AvgIpc) is 3.17. The molecule has 0 bridgehead atoms. The van der Waals surface area contributed by atoms with Crippen molar-refractivity contribution < 1.29 is 19.5 Å². The number of allylic oxidation sites excluding steroid dienone is 6. The van der Waals surface area contributed by atoms with Crippen molar-refractivity contribution in [2.75, 3.05) is 13.1 Å². The fourth-order valence-corrected chi connectivity index (χ4v) is 2.64. The Morgan fingerprint density at radius 3 is 2.30 bits per heavy atom. The number of hydrogen-bond acceptors (Lipinski definition) is 3. The molecule has 1 heterocycles. The number of amides is 2. The number of nitrogens with zero attached hydrogens (tertiary/aromatic N) is 1. The van der Waals surface area contributed by atoms with Crippen LogP contribution in [0.4, 0.5) is 0 Å². The van der Waals surface area contributed by atoms with Gasteiger partial charge in [-0.05, 0) is 30.9 Å². The minimum Gasteiger partial charge on any atom is -0.483 e. The molecule has 2 aliphatic rings. The second-order valence-corrected chi connectivity index (χ2v) is 6.68. The van der Waals surface area contributed by atoms with E-state index in [1.165, 1.54) is 0 Å². The highest BCUT2D eigenvalue weighted by Gasteiger charge is 2.17. The van der Waals surface area contributed by atoms with Crippen LogP contribution in [0.15, 0.2) is 48.6 Å². The number of rotatable bonds is 4. The Morgan fingerprint density at radius 1 is 1.26 bits per heavy atom. The van der Waals surface area contributed by atoms with E-state index >= 15 is 0 Å². The van der Waals surface area contributed by atoms with Gasteiger partial charge >= 0.3 is 0 Å². The summed E-state index contributed by atoms with van der Waals surface area (Å²) in [5, 5.41) is 6.51. The molecule has 0 aromatic carbocycles. The van der Waals surface area contributed by atoms with E-state index < -0.39 is 5.91 Å². The molecule has 0 aromatic rings. The minimum absolute atomic E-state index is 0.179. The van der Waals surface area contributed by atoms with Crippen LogP contribution in [0.25, 0.3) is 0 Å². The number of halogens is 2. The summed E-state index contributed by atoms with van der Waals surface area (Å²) < 4.78 is 0. The number of carbonyl (C=O) groups is 3. The van der Waals surface area contributed by atoms with Crippen LogP contribution in [-0.2, 0) is 14.4 Å². The van der Waals surface area contributed by atoms with Crippen molar-refractivity contribution >= 4 is 41.5 Å². The smallest absolute Gasteiger partial charge is 0.290 e. The zero-order valence-corrected chi connectivity index (χ0v) is 16.6. The Hall–Kier alpha value is -2.05. The van der Waals surface area contributed by atoms with Crippen molar-refractivity contribution in [3.63, 3.8) is 0 Å². The Kier molecular flexibility index (Phi) is 13.9. The number of carbonyl (C=O) groups excluding carboxylic acids is 2. The summed E-state index contributed by atoms with van der Waals surface area (Å²) in [6.45, 7) is 4.68. The molecule has 1 aliphatic heterocycles. The van der Waals surface area contributed by atoms with Crippen molar-refractivity contribution in [3.8, 4) is 0 Å². The number of nitrogens with two attached hydrogens (primary N) is 1. The molecule has 150 valence electrons. The molecule has 2 rings (SSSR count). The maximum atomic E-state index is 12.0. The molecular formula is C19H26Cl2N2O4. The molecule has 1 aliphatic carbocycles. The number of hydrogen-bond donors (Lipinski definition) is 2. The minimum atomic E-state index is -0.481. The lowest BCUT2D eigenvalue weighted by Crippen LogP contribution is -2.27. The third-order valence-corrected chi connectivity index (χ3v) is 4.65. The van der Waals surface area contributed by atoms with Gasteiger partial charge in [-0.3, -0.25) is 14.4 Å². The van der Waals surface area contributed by atoms with Crippen LogP contribution >= 0.6 is 23.2 Å². The fourth-order valence-electron chi connectivity index (χ4n) is 2.31. The molecular weight excluding hydrogens is 391 g/mol.